The summed E-state index contributed by atoms with van der Waals surface area (Å²) >= 11 is 1.49. The zero-order valence-electron chi connectivity index (χ0n) is 15.7. The highest BCUT2D eigenvalue weighted by molar-refractivity contribution is 7.14. The number of unbranched alkanes of at least 4 members (excludes halogenated alkanes) is 1. The van der Waals surface area contributed by atoms with E-state index in [9.17, 15) is 9.59 Å². The Kier molecular flexibility index (Phi) is 6.87. The van der Waals surface area contributed by atoms with Crippen molar-refractivity contribution in [2.45, 2.75) is 39.0 Å². The molecule has 0 radical (unpaired) electrons. The number of thiophene rings is 1. The van der Waals surface area contributed by atoms with Crippen molar-refractivity contribution in [1.82, 2.24) is 4.90 Å². The Labute approximate surface area is 164 Å². The maximum Gasteiger partial charge on any atom is 0.322 e. The highest BCUT2D eigenvalue weighted by Crippen LogP contribution is 2.21. The number of aryl methyl sites for hydroxylation is 1. The number of anilines is 2. The minimum atomic E-state index is -0.174. The number of benzene rings is 1. The number of carbonyl (C=O) groups excluding carboxylic acids is 2. The van der Waals surface area contributed by atoms with Gasteiger partial charge in [0.1, 0.15) is 0 Å². The second kappa shape index (κ2) is 9.55. The third-order valence-corrected chi connectivity index (χ3v) is 5.66. The fourth-order valence-corrected chi connectivity index (χ4v) is 3.90. The molecular formula is C21H27N3O2S. The van der Waals surface area contributed by atoms with Crippen molar-refractivity contribution in [2.75, 3.05) is 23.7 Å². The Bertz CT molecular complexity index is 743. The molecule has 1 atom stereocenters. The Morgan fingerprint density at radius 1 is 1.19 bits per heavy atom. The highest BCUT2D eigenvalue weighted by Gasteiger charge is 2.28. The van der Waals surface area contributed by atoms with E-state index in [1.54, 1.807) is 4.90 Å². The third kappa shape index (κ3) is 5.57. The molecular weight excluding hydrogens is 358 g/mol. The van der Waals surface area contributed by atoms with Crippen LogP contribution in [0.4, 0.5) is 15.5 Å². The molecule has 1 fully saturated rings. The summed E-state index contributed by atoms with van der Waals surface area (Å²) in [4.78, 5) is 26.8. The second-order valence-electron chi connectivity index (χ2n) is 6.98. The van der Waals surface area contributed by atoms with E-state index in [1.807, 2.05) is 29.6 Å². The molecule has 2 N–H and O–H groups in total. The Balaban J connectivity index is 1.52. The van der Waals surface area contributed by atoms with Gasteiger partial charge in [-0.05, 0) is 60.9 Å². The predicted molar refractivity (Wildman–Crippen MR) is 111 cm³/mol. The first kappa shape index (κ1) is 19.4. The molecule has 3 rings (SSSR count). The van der Waals surface area contributed by atoms with Gasteiger partial charge in [-0.3, -0.25) is 10.1 Å². The molecule has 1 aromatic heterocycles. The lowest BCUT2D eigenvalue weighted by atomic mass is 9.97. The summed E-state index contributed by atoms with van der Waals surface area (Å²) in [5, 5.41) is 8.66. The lowest BCUT2D eigenvalue weighted by Crippen LogP contribution is -2.45. The van der Waals surface area contributed by atoms with Crippen molar-refractivity contribution in [3.8, 4) is 0 Å². The van der Waals surface area contributed by atoms with E-state index in [2.05, 4.69) is 29.7 Å². The number of carbonyl (C=O) groups is 2. The van der Waals surface area contributed by atoms with Gasteiger partial charge in [-0.25, -0.2) is 4.79 Å². The van der Waals surface area contributed by atoms with Crippen LogP contribution in [0.15, 0.2) is 41.8 Å². The van der Waals surface area contributed by atoms with Crippen LogP contribution in [0.3, 0.4) is 0 Å². The fourth-order valence-electron chi connectivity index (χ4n) is 3.29. The monoisotopic (exact) mass is 385 g/mol. The van der Waals surface area contributed by atoms with Crippen molar-refractivity contribution in [1.29, 1.82) is 0 Å². The van der Waals surface area contributed by atoms with E-state index in [0.717, 1.165) is 30.0 Å². The van der Waals surface area contributed by atoms with Crippen LogP contribution in [-0.2, 0) is 11.2 Å². The second-order valence-corrected chi connectivity index (χ2v) is 7.93. The molecule has 1 aliphatic rings. The molecule has 0 saturated carbocycles. The summed E-state index contributed by atoms with van der Waals surface area (Å²) in [5.41, 5.74) is 2.12. The number of rotatable bonds is 6. The fraction of sp³-hybridized carbons (Fsp3) is 0.429. The van der Waals surface area contributed by atoms with Crippen LogP contribution in [0.1, 0.15) is 38.2 Å². The van der Waals surface area contributed by atoms with Crippen LogP contribution < -0.4 is 10.6 Å². The van der Waals surface area contributed by atoms with Crippen LogP contribution in [0, 0.1) is 5.92 Å². The largest absolute Gasteiger partial charge is 0.326 e. The van der Waals surface area contributed by atoms with E-state index in [1.165, 1.54) is 29.7 Å². The normalized spacial score (nSPS) is 16.8. The zero-order chi connectivity index (χ0) is 19.1. The SMILES string of the molecule is CCCCc1ccc(NC(=O)C2CCCN(C(=O)Nc3cccs3)C2)cc1. The van der Waals surface area contributed by atoms with Crippen molar-refractivity contribution in [3.63, 3.8) is 0 Å². The van der Waals surface area contributed by atoms with Gasteiger partial charge in [-0.15, -0.1) is 11.3 Å². The number of piperidine rings is 1. The van der Waals surface area contributed by atoms with Gasteiger partial charge in [-0.1, -0.05) is 25.5 Å². The number of nitrogens with one attached hydrogen (secondary N) is 2. The third-order valence-electron chi connectivity index (χ3n) is 4.87. The van der Waals surface area contributed by atoms with E-state index >= 15 is 0 Å². The van der Waals surface area contributed by atoms with Crippen LogP contribution in [0.5, 0.6) is 0 Å². The standard InChI is InChI=1S/C21H27N3O2S/c1-2-3-6-16-9-11-18(12-10-16)22-20(25)17-7-4-13-24(15-17)21(26)23-19-8-5-14-27-19/h5,8-12,14,17H,2-4,6-7,13,15H2,1H3,(H,22,25)(H,23,26). The molecule has 1 aliphatic heterocycles. The van der Waals surface area contributed by atoms with Crippen molar-refractivity contribution in [3.05, 3.63) is 47.3 Å². The Hall–Kier alpha value is -2.34. The van der Waals surface area contributed by atoms with Gasteiger partial charge in [0.2, 0.25) is 5.91 Å². The Morgan fingerprint density at radius 3 is 2.70 bits per heavy atom. The first-order chi connectivity index (χ1) is 13.2. The number of urea groups is 1. The molecule has 0 spiro atoms. The van der Waals surface area contributed by atoms with Crippen LogP contribution in [0.25, 0.3) is 0 Å². The minimum absolute atomic E-state index is 0.00932. The number of nitrogens with zero attached hydrogens (tertiary/aromatic N) is 1. The summed E-state index contributed by atoms with van der Waals surface area (Å²) in [6.45, 7) is 3.33. The van der Waals surface area contributed by atoms with Gasteiger partial charge >= 0.3 is 6.03 Å². The van der Waals surface area contributed by atoms with Gasteiger partial charge < -0.3 is 10.2 Å². The van der Waals surface area contributed by atoms with Gasteiger partial charge in [0, 0.05) is 18.8 Å². The van der Waals surface area contributed by atoms with Gasteiger partial charge in [0.15, 0.2) is 0 Å². The zero-order valence-corrected chi connectivity index (χ0v) is 16.6. The maximum atomic E-state index is 12.6. The van der Waals surface area contributed by atoms with Crippen molar-refractivity contribution in [2.24, 2.45) is 5.92 Å². The van der Waals surface area contributed by atoms with E-state index < -0.39 is 0 Å². The molecule has 1 aromatic carbocycles. The summed E-state index contributed by atoms with van der Waals surface area (Å²) in [6.07, 6.45) is 5.07. The quantitative estimate of drug-likeness (QED) is 0.737. The number of likely N-dealkylation sites (tertiary alicyclic amines) is 1. The number of amides is 3. The van der Waals surface area contributed by atoms with Gasteiger partial charge in [0.25, 0.3) is 0 Å². The highest BCUT2D eigenvalue weighted by atomic mass is 32.1. The summed E-state index contributed by atoms with van der Waals surface area (Å²) in [5.74, 6) is -0.183. The molecule has 27 heavy (non-hydrogen) atoms. The summed E-state index contributed by atoms with van der Waals surface area (Å²) in [6, 6.07) is 11.7. The van der Waals surface area contributed by atoms with Gasteiger partial charge in [-0.2, -0.15) is 0 Å². The summed E-state index contributed by atoms with van der Waals surface area (Å²) in [7, 11) is 0. The molecule has 3 amide bonds. The summed E-state index contributed by atoms with van der Waals surface area (Å²) < 4.78 is 0. The molecule has 2 heterocycles. The van der Waals surface area contributed by atoms with Gasteiger partial charge in [0.05, 0.1) is 10.9 Å². The van der Waals surface area contributed by atoms with E-state index in [4.69, 9.17) is 0 Å². The van der Waals surface area contributed by atoms with Crippen LogP contribution in [0.2, 0.25) is 0 Å². The lowest BCUT2D eigenvalue weighted by Gasteiger charge is -2.31. The maximum absolute atomic E-state index is 12.6. The van der Waals surface area contributed by atoms with E-state index in [0.29, 0.717) is 13.1 Å². The molecule has 6 heteroatoms. The molecule has 2 aromatic rings. The average molecular weight is 386 g/mol. The molecule has 5 nitrogen and oxygen atoms in total. The Morgan fingerprint density at radius 2 is 2.00 bits per heavy atom. The lowest BCUT2D eigenvalue weighted by molar-refractivity contribution is -0.121. The number of hydrogen-bond acceptors (Lipinski definition) is 3. The van der Waals surface area contributed by atoms with Crippen LogP contribution in [-0.4, -0.2) is 29.9 Å². The minimum Gasteiger partial charge on any atom is -0.326 e. The van der Waals surface area contributed by atoms with E-state index in [-0.39, 0.29) is 17.9 Å². The molecule has 144 valence electrons. The predicted octanol–water partition coefficient (Wildman–Crippen LogP) is 4.97. The molecule has 0 aliphatic carbocycles. The first-order valence-electron chi connectivity index (χ1n) is 9.65. The van der Waals surface area contributed by atoms with Crippen molar-refractivity contribution >= 4 is 34.0 Å². The van der Waals surface area contributed by atoms with Crippen LogP contribution >= 0.6 is 11.3 Å². The molecule has 0 bridgehead atoms. The smallest absolute Gasteiger partial charge is 0.322 e. The molecule has 1 unspecified atom stereocenters. The van der Waals surface area contributed by atoms with Crippen molar-refractivity contribution < 1.29 is 9.59 Å². The first-order valence-corrected chi connectivity index (χ1v) is 10.5. The number of hydrogen-bond donors (Lipinski definition) is 2. The molecule has 1 saturated heterocycles. The topological polar surface area (TPSA) is 61.4 Å². The average Bonchev–Trinajstić information content (AvgIpc) is 3.20.